The first kappa shape index (κ1) is 33.7. The van der Waals surface area contributed by atoms with E-state index in [1.54, 1.807) is 20.8 Å². The van der Waals surface area contributed by atoms with E-state index in [1.807, 2.05) is 53.4 Å². The molecule has 0 bridgehead atoms. The molecule has 1 aliphatic rings. The van der Waals surface area contributed by atoms with Crippen molar-refractivity contribution in [2.75, 3.05) is 44.3 Å². The molecule has 3 atom stereocenters. The number of ether oxygens (including phenoxy) is 2. The molecule has 12 heteroatoms. The number of carbonyl (C=O) groups is 1. The third kappa shape index (κ3) is 9.61. The van der Waals surface area contributed by atoms with Gasteiger partial charge in [0.1, 0.15) is 12.2 Å². The summed E-state index contributed by atoms with van der Waals surface area (Å²) in [6, 6.07) is 15.0. The van der Waals surface area contributed by atoms with Crippen LogP contribution in [0.5, 0.6) is 0 Å². The Bertz CT molecular complexity index is 1260. The van der Waals surface area contributed by atoms with Crippen LogP contribution < -0.4 is 15.1 Å². The first-order chi connectivity index (χ1) is 20.6. The highest BCUT2D eigenvalue weighted by molar-refractivity contribution is 5.71. The van der Waals surface area contributed by atoms with Crippen LogP contribution in [-0.2, 0) is 14.3 Å². The van der Waals surface area contributed by atoms with Gasteiger partial charge >= 0.3 is 5.97 Å². The minimum atomic E-state index is -1.05. The maximum absolute atomic E-state index is 13.3. The molecule has 2 aromatic carbocycles. The lowest BCUT2D eigenvalue weighted by molar-refractivity contribution is -0.536. The van der Waals surface area contributed by atoms with E-state index in [4.69, 9.17) is 20.5 Å². The summed E-state index contributed by atoms with van der Waals surface area (Å²) >= 11 is 0. The van der Waals surface area contributed by atoms with Crippen LogP contribution in [0.25, 0.3) is 20.9 Å². The van der Waals surface area contributed by atoms with Gasteiger partial charge in [0.05, 0.1) is 6.61 Å². The van der Waals surface area contributed by atoms with Gasteiger partial charge in [-0.05, 0) is 91.3 Å². The number of carbonyl (C=O) groups excluding carboxylic acids is 1. The van der Waals surface area contributed by atoms with Crippen LogP contribution in [0.3, 0.4) is 0 Å². The second-order valence-corrected chi connectivity index (χ2v) is 11.7. The van der Waals surface area contributed by atoms with Crippen molar-refractivity contribution < 1.29 is 24.5 Å². The average molecular weight is 592 g/mol. The predicted octanol–water partition coefficient (Wildman–Crippen LogP) is 4.69. The number of rotatable bonds is 16. The Balaban J connectivity index is 1.61. The molecular weight excluding hydrogens is 550 g/mol. The van der Waals surface area contributed by atoms with Gasteiger partial charge in [0.15, 0.2) is 0 Å². The summed E-state index contributed by atoms with van der Waals surface area (Å²) < 4.78 is 10.8. The number of esters is 1. The molecule has 1 saturated carbocycles. The highest BCUT2D eigenvalue weighted by atomic mass is 16.6. The van der Waals surface area contributed by atoms with E-state index in [9.17, 15) is 15.0 Å². The summed E-state index contributed by atoms with van der Waals surface area (Å²) in [4.78, 5) is 19.5. The number of benzene rings is 2. The lowest BCUT2D eigenvalue weighted by Gasteiger charge is -2.61. The number of nitrogens with zero attached hydrogens (tertiary/aromatic N) is 7. The second-order valence-electron chi connectivity index (χ2n) is 11.7. The maximum atomic E-state index is 13.3. The van der Waals surface area contributed by atoms with Gasteiger partial charge in [0.2, 0.25) is 0 Å². The standard InChI is InChI=1S/C31H41N7O5/c1-5-21(14-15-34-36-32)22-6-8-23(9-7-22)27-29(40)28(30(27)41)24-10-12-25(13-11-24)38(17-16-35-37-33)18-19-42-20-26(39)43-31(2,3)4/h6-13,21,27-30H,5,14-20H2,1-4H3/q-2. The molecule has 3 rings (SSSR count). The van der Waals surface area contributed by atoms with Gasteiger partial charge < -0.3 is 24.6 Å². The van der Waals surface area contributed by atoms with Crippen molar-refractivity contribution in [2.24, 2.45) is 10.2 Å². The predicted molar refractivity (Wildman–Crippen MR) is 160 cm³/mol. The summed E-state index contributed by atoms with van der Waals surface area (Å²) in [5.41, 5.74) is 20.0. The third-order valence-electron chi connectivity index (χ3n) is 7.66. The van der Waals surface area contributed by atoms with Crippen LogP contribution in [0.15, 0.2) is 58.8 Å². The first-order valence-electron chi connectivity index (χ1n) is 14.7. The summed E-state index contributed by atoms with van der Waals surface area (Å²) in [7, 11) is 0. The SMILES string of the molecule is CCC(CCN=[N+]=[N-])c1ccc(C2C([O-])C(c3ccc(N(CCN=[N+]=[N-])CCOCC(=O)OC(C)(C)C)cc3)C2[O-])cc1. The largest absolute Gasteiger partial charge is 0.851 e. The molecule has 0 aliphatic heterocycles. The van der Waals surface area contributed by atoms with Gasteiger partial charge in [-0.3, -0.25) is 0 Å². The fourth-order valence-electron chi connectivity index (χ4n) is 5.48. The van der Waals surface area contributed by atoms with E-state index >= 15 is 0 Å². The molecule has 0 heterocycles. The van der Waals surface area contributed by atoms with Crippen molar-refractivity contribution in [3.63, 3.8) is 0 Å². The Morgan fingerprint density at radius 3 is 2.02 bits per heavy atom. The van der Waals surface area contributed by atoms with E-state index < -0.39 is 35.6 Å². The van der Waals surface area contributed by atoms with Gasteiger partial charge in [-0.25, -0.2) is 4.79 Å². The zero-order valence-electron chi connectivity index (χ0n) is 25.3. The van der Waals surface area contributed by atoms with Crippen LogP contribution in [0.1, 0.15) is 75.0 Å². The zero-order valence-corrected chi connectivity index (χ0v) is 25.3. The lowest BCUT2D eigenvalue weighted by Crippen LogP contribution is -2.63. The van der Waals surface area contributed by atoms with Crippen molar-refractivity contribution in [2.45, 2.75) is 76.1 Å². The van der Waals surface area contributed by atoms with Gasteiger partial charge in [-0.1, -0.05) is 53.6 Å². The second kappa shape index (κ2) is 16.2. The third-order valence-corrected chi connectivity index (χ3v) is 7.66. The van der Waals surface area contributed by atoms with E-state index in [1.165, 1.54) is 0 Å². The van der Waals surface area contributed by atoms with Crippen molar-refractivity contribution >= 4 is 11.7 Å². The Hall–Kier alpha value is -3.79. The summed E-state index contributed by atoms with van der Waals surface area (Å²) in [6.45, 7) is 9.06. The fourth-order valence-corrected chi connectivity index (χ4v) is 5.48. The smallest absolute Gasteiger partial charge is 0.332 e. The molecule has 232 valence electrons. The van der Waals surface area contributed by atoms with Gasteiger partial charge in [0, 0.05) is 41.7 Å². The van der Waals surface area contributed by atoms with Crippen molar-refractivity contribution in [3.05, 3.63) is 86.1 Å². The van der Waals surface area contributed by atoms with Gasteiger partial charge in [-0.2, -0.15) is 0 Å². The summed E-state index contributed by atoms with van der Waals surface area (Å²) in [5.74, 6) is -1.44. The molecule has 1 fully saturated rings. The monoisotopic (exact) mass is 591 g/mol. The molecule has 0 N–H and O–H groups in total. The Morgan fingerprint density at radius 2 is 1.49 bits per heavy atom. The molecular formula is C31H41N7O5-2. The van der Waals surface area contributed by atoms with Crippen LogP contribution in [0, 0.1) is 0 Å². The molecule has 12 nitrogen and oxygen atoms in total. The molecule has 0 amide bonds. The fraction of sp³-hybridized carbons (Fsp3) is 0.581. The van der Waals surface area contributed by atoms with E-state index in [0.717, 1.165) is 29.7 Å². The molecule has 43 heavy (non-hydrogen) atoms. The summed E-state index contributed by atoms with van der Waals surface area (Å²) in [5, 5.41) is 33.8. The topological polar surface area (TPSA) is 182 Å². The van der Waals surface area contributed by atoms with E-state index in [2.05, 4.69) is 27.0 Å². The lowest BCUT2D eigenvalue weighted by atomic mass is 9.63. The molecule has 2 aromatic rings. The van der Waals surface area contributed by atoms with Crippen molar-refractivity contribution in [1.82, 2.24) is 0 Å². The quantitative estimate of drug-likeness (QED) is 0.0896. The van der Waals surface area contributed by atoms with Crippen LogP contribution in [-0.4, -0.2) is 63.2 Å². The normalized spacial score (nSPS) is 20.2. The van der Waals surface area contributed by atoms with Crippen LogP contribution in [0.4, 0.5) is 5.69 Å². The number of anilines is 1. The molecule has 0 spiro atoms. The molecule has 1 aliphatic carbocycles. The minimum absolute atomic E-state index is 0.168. The minimum Gasteiger partial charge on any atom is -0.851 e. The van der Waals surface area contributed by atoms with E-state index in [0.29, 0.717) is 25.2 Å². The Labute approximate surface area is 252 Å². The average Bonchev–Trinajstić information content (AvgIpc) is 2.97. The molecule has 0 aromatic heterocycles. The van der Waals surface area contributed by atoms with Crippen molar-refractivity contribution in [1.29, 1.82) is 0 Å². The van der Waals surface area contributed by atoms with Gasteiger partial charge in [-0.15, -0.1) is 12.2 Å². The molecule has 3 unspecified atom stereocenters. The number of hydrogen-bond acceptors (Lipinski definition) is 8. The highest BCUT2D eigenvalue weighted by Gasteiger charge is 2.38. The Morgan fingerprint density at radius 1 is 0.930 bits per heavy atom. The van der Waals surface area contributed by atoms with Crippen LogP contribution >= 0.6 is 0 Å². The zero-order chi connectivity index (χ0) is 31.4. The number of azide groups is 2. The highest BCUT2D eigenvalue weighted by Crippen LogP contribution is 2.45. The molecule has 0 radical (unpaired) electrons. The first-order valence-corrected chi connectivity index (χ1v) is 14.7. The maximum Gasteiger partial charge on any atom is 0.332 e. The Kier molecular flexibility index (Phi) is 12.7. The molecule has 0 saturated heterocycles. The van der Waals surface area contributed by atoms with Gasteiger partial charge in [0.25, 0.3) is 0 Å². The van der Waals surface area contributed by atoms with Crippen LogP contribution in [0.2, 0.25) is 0 Å². The summed E-state index contributed by atoms with van der Waals surface area (Å²) in [6.07, 6.45) is -0.447. The van der Waals surface area contributed by atoms with Crippen molar-refractivity contribution in [3.8, 4) is 0 Å². The van der Waals surface area contributed by atoms with E-state index in [-0.39, 0.29) is 25.7 Å². The number of hydrogen-bond donors (Lipinski definition) is 0.